The number of Topliss-reactive ketones (excluding diaryl/α,β-unsaturated/α-hetero) is 1. The number of hydrogen-bond donors (Lipinski definition) is 2. The van der Waals surface area contributed by atoms with Gasteiger partial charge in [0.2, 0.25) is 5.43 Å². The summed E-state index contributed by atoms with van der Waals surface area (Å²) < 4.78 is 57.3. The minimum absolute atomic E-state index is 0.00181. The number of phenolic OH excluding ortho intramolecular Hbond substituents is 2. The van der Waals surface area contributed by atoms with Crippen LogP contribution in [0.4, 0.5) is 0 Å². The van der Waals surface area contributed by atoms with Crippen LogP contribution in [0, 0.1) is 0 Å². The minimum Gasteiger partial charge on any atom is -0.504 e. The van der Waals surface area contributed by atoms with Crippen molar-refractivity contribution in [2.75, 3.05) is 47.4 Å². The van der Waals surface area contributed by atoms with E-state index in [-0.39, 0.29) is 101 Å². The second kappa shape index (κ2) is 18.3. The third-order valence-corrected chi connectivity index (χ3v) is 12.5. The number of aromatic hydroxyl groups is 2. The first kappa shape index (κ1) is 47.3. The summed E-state index contributed by atoms with van der Waals surface area (Å²) in [6.45, 7) is 6.73. The molecule has 2 N–H and O–H groups in total. The minimum atomic E-state index is -1.52. The summed E-state index contributed by atoms with van der Waals surface area (Å²) in [5.74, 6) is -4.87. The number of carbonyl (C=O) groups is 5. The van der Waals surface area contributed by atoms with Crippen molar-refractivity contribution < 1.29 is 81.6 Å². The highest BCUT2D eigenvalue weighted by molar-refractivity contribution is 7.99. The molecule has 0 saturated carbocycles. The van der Waals surface area contributed by atoms with Gasteiger partial charge in [-0.15, -0.1) is 11.8 Å². The van der Waals surface area contributed by atoms with Crippen LogP contribution in [0.2, 0.25) is 0 Å². The maximum Gasteiger partial charge on any atom is 0.303 e. The van der Waals surface area contributed by atoms with Crippen molar-refractivity contribution in [2.24, 2.45) is 0 Å². The van der Waals surface area contributed by atoms with Gasteiger partial charge in [0.1, 0.15) is 24.2 Å². The Morgan fingerprint density at radius 2 is 1.27 bits per heavy atom. The van der Waals surface area contributed by atoms with Crippen LogP contribution >= 0.6 is 11.8 Å². The number of rotatable bonds is 15. The summed E-state index contributed by atoms with van der Waals surface area (Å²) in [6, 6.07) is 1.17. The fourth-order valence-electron chi connectivity index (χ4n) is 9.27. The maximum absolute atomic E-state index is 15.0. The first-order chi connectivity index (χ1) is 31.3. The molecule has 1 heterocycles. The van der Waals surface area contributed by atoms with E-state index in [0.717, 1.165) is 39.5 Å². The summed E-state index contributed by atoms with van der Waals surface area (Å²) in [5.41, 5.74) is -0.0805. The number of thioether (sulfide) groups is 1. The van der Waals surface area contributed by atoms with Crippen LogP contribution in [-0.4, -0.2) is 118 Å². The molecule has 1 aliphatic heterocycles. The molecular weight excluding hydrogens is 889 g/mol. The molecular formula is C46H46O19S. The highest BCUT2D eigenvalue weighted by Crippen LogP contribution is 2.59. The zero-order chi connectivity index (χ0) is 48.2. The van der Waals surface area contributed by atoms with Crippen LogP contribution in [-0.2, 0) is 58.8 Å². The second-order valence-corrected chi connectivity index (χ2v) is 16.7. The van der Waals surface area contributed by atoms with E-state index < -0.39 is 83.5 Å². The van der Waals surface area contributed by atoms with E-state index in [1.165, 1.54) is 41.4 Å². The standard InChI is InChI=1S/C46H46O19S/c1-16-13-22-27-30-32-28(36(53)41(58-9)33(30)26(16)17(2)47)23(52)14-24(56-7)29(32)34-31(27)35(37(54)39(22)57-8)38(55)45(42(34)59-10)66-12-11-60-46-44(64-21(6)51)43(63-20(5)50)40(62-19(4)49)25(65-46)15-61-18(3)48/h14,25,40,43-44,46,53-54H,11-13,15H2,1-10H3/t25-,40-,43+,44-,46-/m1/s1. The highest BCUT2D eigenvalue weighted by Gasteiger charge is 2.53. The first-order valence-electron chi connectivity index (χ1n) is 20.4. The molecule has 1 aliphatic carbocycles. The topological polar surface area (TPSA) is 252 Å². The molecule has 1 saturated heterocycles. The summed E-state index contributed by atoms with van der Waals surface area (Å²) in [6.07, 6.45) is -7.17. The predicted octanol–water partition coefficient (Wildman–Crippen LogP) is 4.45. The maximum atomic E-state index is 15.0. The van der Waals surface area contributed by atoms with Crippen molar-refractivity contribution in [3.05, 3.63) is 43.2 Å². The molecule has 0 aromatic heterocycles. The highest BCUT2D eigenvalue weighted by atomic mass is 32.2. The number of ketones is 1. The number of allylic oxidation sites excluding steroid dienone is 2. The fourth-order valence-corrected chi connectivity index (χ4v) is 10.2. The largest absolute Gasteiger partial charge is 0.504 e. The van der Waals surface area contributed by atoms with Crippen LogP contribution in [0.5, 0.6) is 34.5 Å². The van der Waals surface area contributed by atoms with Gasteiger partial charge in [-0.2, -0.15) is 0 Å². The lowest BCUT2D eigenvalue weighted by molar-refractivity contribution is -0.307. The lowest BCUT2D eigenvalue weighted by Gasteiger charge is -2.44. The smallest absolute Gasteiger partial charge is 0.303 e. The number of esters is 4. The first-order valence-corrected chi connectivity index (χ1v) is 21.4. The Bertz CT molecular complexity index is 3010. The lowest BCUT2D eigenvalue weighted by atomic mass is 9.82. The van der Waals surface area contributed by atoms with E-state index >= 15 is 4.79 Å². The molecule has 7 rings (SSSR count). The number of carbonyl (C=O) groups excluding carboxylic acids is 5. The lowest BCUT2D eigenvalue weighted by Crippen LogP contribution is -2.63. The van der Waals surface area contributed by atoms with Gasteiger partial charge in [-0.05, 0) is 25.7 Å². The number of hydrogen-bond acceptors (Lipinski definition) is 20. The Labute approximate surface area is 379 Å². The molecule has 5 aromatic rings. The Kier molecular flexibility index (Phi) is 13.1. The summed E-state index contributed by atoms with van der Waals surface area (Å²) >= 11 is 0.934. The Morgan fingerprint density at radius 3 is 1.85 bits per heavy atom. The molecule has 350 valence electrons. The van der Waals surface area contributed by atoms with Gasteiger partial charge in [0.25, 0.3) is 0 Å². The Balaban J connectivity index is 1.44. The fraction of sp³-hybridized carbons (Fsp3) is 0.413. The Hall–Kier alpha value is -6.64. The molecule has 0 unspecified atom stereocenters. The molecule has 0 spiro atoms. The van der Waals surface area contributed by atoms with Crippen LogP contribution in [0.15, 0.2) is 26.1 Å². The average molecular weight is 935 g/mol. The number of phenols is 2. The molecule has 0 amide bonds. The van der Waals surface area contributed by atoms with E-state index in [9.17, 15) is 39.0 Å². The third kappa shape index (κ3) is 7.75. The Morgan fingerprint density at radius 1 is 0.682 bits per heavy atom. The molecule has 66 heavy (non-hydrogen) atoms. The monoisotopic (exact) mass is 934 g/mol. The van der Waals surface area contributed by atoms with Gasteiger partial charge in [-0.25, -0.2) is 0 Å². The number of ether oxygens (including phenoxy) is 10. The molecule has 5 aromatic carbocycles. The molecule has 5 atom stereocenters. The van der Waals surface area contributed by atoms with E-state index in [1.807, 2.05) is 0 Å². The second-order valence-electron chi connectivity index (χ2n) is 15.6. The van der Waals surface area contributed by atoms with Gasteiger partial charge in [0.15, 0.2) is 58.8 Å². The van der Waals surface area contributed by atoms with E-state index in [0.29, 0.717) is 16.5 Å². The van der Waals surface area contributed by atoms with Crippen LogP contribution < -0.4 is 29.8 Å². The van der Waals surface area contributed by atoms with Crippen LogP contribution in [0.1, 0.15) is 52.7 Å². The number of fused-ring (bicyclic) bond motifs is 1. The van der Waals surface area contributed by atoms with Crippen molar-refractivity contribution in [3.8, 4) is 34.5 Å². The quantitative estimate of drug-likeness (QED) is 0.0367. The SMILES string of the molecule is COc1c(O)c2c(=O)cc(OC)c3c4c(OC)c(SCCO[C@@H]5O[C@H](COC(C)=O)[C@@H](OC(C)=O)[C@H](OC(C)=O)[C@H]5OC(C)=O)c(=O)c5c(O)c(OC)c6c(c(c1C(C(C)=O)=C(C)C6)c23)c54. The van der Waals surface area contributed by atoms with Gasteiger partial charge in [0.05, 0.1) is 50.7 Å². The van der Waals surface area contributed by atoms with Gasteiger partial charge < -0.3 is 57.6 Å². The molecule has 0 radical (unpaired) electrons. The summed E-state index contributed by atoms with van der Waals surface area (Å²) in [5, 5.41) is 25.1. The van der Waals surface area contributed by atoms with Crippen molar-refractivity contribution in [1.29, 1.82) is 0 Å². The van der Waals surface area contributed by atoms with Crippen LogP contribution in [0.3, 0.4) is 0 Å². The molecule has 1 fully saturated rings. The normalized spacial score (nSPS) is 19.3. The summed E-state index contributed by atoms with van der Waals surface area (Å²) in [4.78, 5) is 91.4. The molecule has 0 bridgehead atoms. The number of methoxy groups -OCH3 is 4. The number of benzene rings is 5. The van der Waals surface area contributed by atoms with Gasteiger partial charge in [0, 0.05) is 83.1 Å². The molecule has 2 aliphatic rings. The predicted molar refractivity (Wildman–Crippen MR) is 237 cm³/mol. The van der Waals surface area contributed by atoms with Gasteiger partial charge in [-0.3, -0.25) is 33.6 Å². The zero-order valence-electron chi connectivity index (χ0n) is 37.5. The molecule has 20 heteroatoms. The average Bonchev–Trinajstić information content (AvgIpc) is 3.37. The van der Waals surface area contributed by atoms with Crippen molar-refractivity contribution in [1.82, 2.24) is 0 Å². The van der Waals surface area contributed by atoms with Crippen LogP contribution in [0.25, 0.3) is 48.7 Å². The van der Waals surface area contributed by atoms with Crippen molar-refractivity contribution >= 4 is 90.1 Å². The van der Waals surface area contributed by atoms with Crippen molar-refractivity contribution in [2.45, 2.75) is 83.6 Å². The summed E-state index contributed by atoms with van der Waals surface area (Å²) in [7, 11) is 5.28. The third-order valence-electron chi connectivity index (χ3n) is 11.4. The molecule has 19 nitrogen and oxygen atoms in total. The van der Waals surface area contributed by atoms with E-state index in [2.05, 4.69) is 0 Å². The van der Waals surface area contributed by atoms with E-state index in [1.54, 1.807) is 6.92 Å². The van der Waals surface area contributed by atoms with E-state index in [4.69, 9.17) is 47.4 Å². The van der Waals surface area contributed by atoms with Gasteiger partial charge >= 0.3 is 23.9 Å². The zero-order valence-corrected chi connectivity index (χ0v) is 38.4. The van der Waals surface area contributed by atoms with Crippen molar-refractivity contribution in [3.63, 3.8) is 0 Å². The van der Waals surface area contributed by atoms with Gasteiger partial charge in [-0.1, -0.05) is 5.57 Å².